The number of aromatic nitrogens is 1. The van der Waals surface area contributed by atoms with Gasteiger partial charge in [0.1, 0.15) is 6.54 Å². The highest BCUT2D eigenvalue weighted by atomic mass is 35.5. The normalized spacial score (nSPS) is 13.0. The number of halogens is 1. The molecule has 0 aliphatic carbocycles. The minimum Gasteiger partial charge on any atom is -0.300 e. The Morgan fingerprint density at radius 1 is 1.04 bits per heavy atom. The van der Waals surface area contributed by atoms with Crippen LogP contribution in [0, 0.1) is 0 Å². The van der Waals surface area contributed by atoms with Gasteiger partial charge in [-0.2, -0.15) is 0 Å². The van der Waals surface area contributed by atoms with E-state index in [1.54, 1.807) is 30.5 Å². The highest BCUT2D eigenvalue weighted by molar-refractivity contribution is 7.15. The molecule has 1 N–H and O–H groups in total. The zero-order chi connectivity index (χ0) is 19.7. The van der Waals surface area contributed by atoms with E-state index in [2.05, 4.69) is 10.3 Å². The zero-order valence-electron chi connectivity index (χ0n) is 14.5. The molecule has 0 saturated heterocycles. The molecule has 140 valence electrons. The molecular weight excluding hydrogens is 398 g/mol. The molecule has 8 heteroatoms. The molecule has 1 aliphatic heterocycles. The number of benzene rings is 2. The van der Waals surface area contributed by atoms with Crippen LogP contribution in [0.4, 0.5) is 5.13 Å². The predicted octanol–water partition coefficient (Wildman–Crippen LogP) is 3.62. The summed E-state index contributed by atoms with van der Waals surface area (Å²) in [5.41, 5.74) is 1.60. The van der Waals surface area contributed by atoms with E-state index < -0.39 is 17.7 Å². The monoisotopic (exact) mass is 411 g/mol. The maximum absolute atomic E-state index is 12.3. The number of hydrogen-bond donors (Lipinski definition) is 1. The van der Waals surface area contributed by atoms with E-state index in [9.17, 15) is 14.4 Å². The van der Waals surface area contributed by atoms with E-state index in [0.717, 1.165) is 15.3 Å². The first-order valence-corrected chi connectivity index (χ1v) is 9.65. The Kier molecular flexibility index (Phi) is 4.93. The van der Waals surface area contributed by atoms with Crippen molar-refractivity contribution in [1.82, 2.24) is 9.88 Å². The summed E-state index contributed by atoms with van der Waals surface area (Å²) in [5, 5.41) is 3.73. The van der Waals surface area contributed by atoms with Crippen molar-refractivity contribution in [2.75, 3.05) is 11.9 Å². The smallest absolute Gasteiger partial charge is 0.262 e. The Bertz CT molecular complexity index is 1060. The van der Waals surface area contributed by atoms with Crippen LogP contribution in [0.5, 0.6) is 0 Å². The van der Waals surface area contributed by atoms with E-state index in [1.807, 2.05) is 24.3 Å². The van der Waals surface area contributed by atoms with Crippen LogP contribution < -0.4 is 5.32 Å². The quantitative estimate of drug-likeness (QED) is 0.650. The number of rotatable bonds is 5. The number of anilines is 1. The van der Waals surface area contributed by atoms with Crippen molar-refractivity contribution in [2.24, 2.45) is 0 Å². The lowest BCUT2D eigenvalue weighted by Crippen LogP contribution is -2.37. The van der Waals surface area contributed by atoms with Crippen LogP contribution in [0.2, 0.25) is 5.02 Å². The first-order chi connectivity index (χ1) is 13.5. The summed E-state index contributed by atoms with van der Waals surface area (Å²) in [7, 11) is 0. The van der Waals surface area contributed by atoms with Crippen LogP contribution in [0.25, 0.3) is 0 Å². The van der Waals surface area contributed by atoms with Crippen LogP contribution in [-0.4, -0.2) is 34.2 Å². The molecule has 0 fully saturated rings. The third-order valence-corrected chi connectivity index (χ3v) is 5.58. The second-order valence-electron chi connectivity index (χ2n) is 6.19. The highest BCUT2D eigenvalue weighted by Gasteiger charge is 2.36. The summed E-state index contributed by atoms with van der Waals surface area (Å²) in [4.78, 5) is 43.1. The number of fused-ring (bicyclic) bond motifs is 1. The summed E-state index contributed by atoms with van der Waals surface area (Å²) in [5.74, 6) is -1.41. The molecule has 3 amide bonds. The van der Waals surface area contributed by atoms with E-state index in [-0.39, 0.29) is 6.54 Å². The maximum Gasteiger partial charge on any atom is 0.262 e. The van der Waals surface area contributed by atoms with Crippen molar-refractivity contribution in [2.45, 2.75) is 6.42 Å². The Labute approximate surface area is 169 Å². The first-order valence-electron chi connectivity index (χ1n) is 8.46. The SMILES string of the molecule is O=C(CN1C(=O)c2ccccc2C1=O)Nc1ncc(Cc2ccccc2Cl)s1. The average Bonchev–Trinajstić information content (AvgIpc) is 3.22. The number of nitrogens with one attached hydrogen (secondary N) is 1. The summed E-state index contributed by atoms with van der Waals surface area (Å²) < 4.78 is 0. The fraction of sp³-hybridized carbons (Fsp3) is 0.100. The maximum atomic E-state index is 12.3. The molecule has 4 rings (SSSR count). The topological polar surface area (TPSA) is 79.4 Å². The number of carbonyl (C=O) groups is 3. The lowest BCUT2D eigenvalue weighted by atomic mass is 10.1. The zero-order valence-corrected chi connectivity index (χ0v) is 16.1. The van der Waals surface area contributed by atoms with Crippen LogP contribution in [-0.2, 0) is 11.2 Å². The fourth-order valence-electron chi connectivity index (χ4n) is 2.96. The van der Waals surface area contributed by atoms with Crippen molar-refractivity contribution in [3.63, 3.8) is 0 Å². The van der Waals surface area contributed by atoms with Gasteiger partial charge in [0.15, 0.2) is 5.13 Å². The Morgan fingerprint density at radius 3 is 2.36 bits per heavy atom. The lowest BCUT2D eigenvalue weighted by molar-refractivity contribution is -0.116. The van der Waals surface area contributed by atoms with Crippen molar-refractivity contribution in [3.05, 3.63) is 81.3 Å². The number of hydrogen-bond acceptors (Lipinski definition) is 5. The van der Waals surface area contributed by atoms with E-state index in [0.29, 0.717) is 27.7 Å². The van der Waals surface area contributed by atoms with Gasteiger partial charge in [-0.05, 0) is 23.8 Å². The molecule has 0 bridgehead atoms. The fourth-order valence-corrected chi connectivity index (χ4v) is 4.02. The standard InChI is InChI=1S/C20H14ClN3O3S/c21-16-8-4-1-5-12(16)9-13-10-22-20(28-13)23-17(25)11-24-18(26)14-6-2-3-7-15(14)19(24)27/h1-8,10H,9,11H2,(H,22,23,25). The third-order valence-electron chi connectivity index (χ3n) is 4.30. The molecule has 0 spiro atoms. The van der Waals surface area contributed by atoms with Gasteiger partial charge in [-0.15, -0.1) is 11.3 Å². The predicted molar refractivity (Wildman–Crippen MR) is 107 cm³/mol. The summed E-state index contributed by atoms with van der Waals surface area (Å²) in [6.45, 7) is -0.355. The number of imide groups is 1. The minimum absolute atomic E-state index is 0.316. The number of amides is 3. The molecule has 2 heterocycles. The van der Waals surface area contributed by atoms with Crippen LogP contribution >= 0.6 is 22.9 Å². The minimum atomic E-state index is -0.479. The second kappa shape index (κ2) is 7.53. The van der Waals surface area contributed by atoms with Crippen molar-refractivity contribution in [1.29, 1.82) is 0 Å². The van der Waals surface area contributed by atoms with Gasteiger partial charge < -0.3 is 5.32 Å². The molecule has 1 aliphatic rings. The Balaban J connectivity index is 1.40. The first kappa shape index (κ1) is 18.3. The van der Waals surface area contributed by atoms with E-state index in [4.69, 9.17) is 11.6 Å². The van der Waals surface area contributed by atoms with Crippen LogP contribution in [0.3, 0.4) is 0 Å². The van der Waals surface area contributed by atoms with Gasteiger partial charge in [-0.25, -0.2) is 4.98 Å². The second-order valence-corrected chi connectivity index (χ2v) is 7.71. The summed E-state index contributed by atoms with van der Waals surface area (Å²) in [6, 6.07) is 14.1. The molecule has 1 aromatic heterocycles. The van der Waals surface area contributed by atoms with Gasteiger partial charge in [0.25, 0.3) is 11.8 Å². The molecule has 0 atom stereocenters. The molecule has 3 aromatic rings. The molecule has 0 unspecified atom stereocenters. The van der Waals surface area contributed by atoms with Crippen molar-refractivity contribution in [3.8, 4) is 0 Å². The molecule has 0 saturated carbocycles. The molecular formula is C20H14ClN3O3S. The average molecular weight is 412 g/mol. The van der Waals surface area contributed by atoms with Crippen LogP contribution in [0.1, 0.15) is 31.2 Å². The van der Waals surface area contributed by atoms with Crippen LogP contribution in [0.15, 0.2) is 54.7 Å². The number of thiazole rings is 1. The Hall–Kier alpha value is -3.03. The van der Waals surface area contributed by atoms with Crippen molar-refractivity contribution < 1.29 is 14.4 Å². The van der Waals surface area contributed by atoms with Gasteiger partial charge in [-0.1, -0.05) is 41.9 Å². The Morgan fingerprint density at radius 2 is 1.68 bits per heavy atom. The molecule has 0 radical (unpaired) electrons. The van der Waals surface area contributed by atoms with Gasteiger partial charge in [0, 0.05) is 22.5 Å². The van der Waals surface area contributed by atoms with Gasteiger partial charge in [-0.3, -0.25) is 19.3 Å². The number of carbonyl (C=O) groups excluding carboxylic acids is 3. The largest absolute Gasteiger partial charge is 0.300 e. The van der Waals surface area contributed by atoms with Crippen molar-refractivity contribution >= 4 is 45.8 Å². The third kappa shape index (κ3) is 3.54. The molecule has 2 aromatic carbocycles. The molecule has 28 heavy (non-hydrogen) atoms. The highest BCUT2D eigenvalue weighted by Crippen LogP contribution is 2.25. The van der Waals surface area contributed by atoms with E-state index in [1.165, 1.54) is 11.3 Å². The summed E-state index contributed by atoms with van der Waals surface area (Å²) >= 11 is 7.49. The van der Waals surface area contributed by atoms with Gasteiger partial charge >= 0.3 is 0 Å². The number of nitrogens with zero attached hydrogens (tertiary/aromatic N) is 2. The summed E-state index contributed by atoms with van der Waals surface area (Å²) in [6.07, 6.45) is 2.28. The lowest BCUT2D eigenvalue weighted by Gasteiger charge is -2.12. The van der Waals surface area contributed by atoms with Gasteiger partial charge in [0.2, 0.25) is 5.91 Å². The van der Waals surface area contributed by atoms with E-state index >= 15 is 0 Å². The molecule has 6 nitrogen and oxygen atoms in total. The van der Waals surface area contributed by atoms with Gasteiger partial charge in [0.05, 0.1) is 11.1 Å².